The first-order valence-corrected chi connectivity index (χ1v) is 5.85. The molecule has 2 nitrogen and oxygen atoms in total. The second-order valence-corrected chi connectivity index (χ2v) is 5.97. The predicted octanol–water partition coefficient (Wildman–Crippen LogP) is 2.06. The predicted molar refractivity (Wildman–Crippen MR) is 62.6 cm³/mol. The normalized spacial score (nSPS) is 21.9. The zero-order valence-electron chi connectivity index (χ0n) is 10.5. The third-order valence-corrected chi connectivity index (χ3v) is 2.84. The van der Waals surface area contributed by atoms with Crippen LogP contribution in [0.2, 0.25) is 0 Å². The summed E-state index contributed by atoms with van der Waals surface area (Å²) in [7, 11) is 0. The lowest BCUT2D eigenvalue weighted by atomic mass is 9.96. The molecule has 0 amide bonds. The van der Waals surface area contributed by atoms with Gasteiger partial charge in [0.2, 0.25) is 0 Å². The molecule has 0 spiro atoms. The summed E-state index contributed by atoms with van der Waals surface area (Å²) < 4.78 is 0. The van der Waals surface area contributed by atoms with Crippen molar-refractivity contribution in [1.29, 1.82) is 0 Å². The molecule has 0 N–H and O–H groups in total. The average molecular weight is 198 g/mol. The molecule has 1 aliphatic rings. The molecule has 0 unspecified atom stereocenters. The number of hydrogen-bond acceptors (Lipinski definition) is 2. The molecule has 1 saturated heterocycles. The van der Waals surface area contributed by atoms with Crippen molar-refractivity contribution in [3.05, 3.63) is 0 Å². The van der Waals surface area contributed by atoms with Gasteiger partial charge in [0.25, 0.3) is 0 Å². The van der Waals surface area contributed by atoms with E-state index < -0.39 is 0 Å². The van der Waals surface area contributed by atoms with Crippen LogP contribution >= 0.6 is 0 Å². The fourth-order valence-corrected chi connectivity index (χ4v) is 2.11. The molecule has 0 aromatic carbocycles. The lowest BCUT2D eigenvalue weighted by Crippen LogP contribution is -2.50. The van der Waals surface area contributed by atoms with Gasteiger partial charge < -0.3 is 4.90 Å². The van der Waals surface area contributed by atoms with Crippen molar-refractivity contribution in [3.8, 4) is 0 Å². The van der Waals surface area contributed by atoms with Gasteiger partial charge in [-0.15, -0.1) is 0 Å². The molecule has 0 bridgehead atoms. The summed E-state index contributed by atoms with van der Waals surface area (Å²) in [6.45, 7) is 17.8. The van der Waals surface area contributed by atoms with Gasteiger partial charge in [-0.05, 0) is 19.3 Å². The van der Waals surface area contributed by atoms with Crippen molar-refractivity contribution in [2.75, 3.05) is 32.7 Å². The molecule has 84 valence electrons. The Hall–Kier alpha value is -0.0800. The molecular formula is C12H26N2. The summed E-state index contributed by atoms with van der Waals surface area (Å²) in [4.78, 5) is 5.16. The van der Waals surface area contributed by atoms with Crippen LogP contribution in [0.15, 0.2) is 0 Å². The minimum atomic E-state index is 0.444. The van der Waals surface area contributed by atoms with Crippen molar-refractivity contribution in [2.45, 2.75) is 40.7 Å². The first kappa shape index (κ1) is 12.0. The fraction of sp³-hybridized carbons (Fsp3) is 1.00. The molecule has 0 aromatic rings. The van der Waals surface area contributed by atoms with Crippen LogP contribution in [-0.4, -0.2) is 48.6 Å². The van der Waals surface area contributed by atoms with Crippen molar-refractivity contribution >= 4 is 0 Å². The minimum absolute atomic E-state index is 0.444. The van der Waals surface area contributed by atoms with Crippen molar-refractivity contribution < 1.29 is 0 Å². The summed E-state index contributed by atoms with van der Waals surface area (Å²) in [6.07, 6.45) is 0. The minimum Gasteiger partial charge on any atom is -0.300 e. The van der Waals surface area contributed by atoms with Crippen LogP contribution < -0.4 is 0 Å². The van der Waals surface area contributed by atoms with E-state index in [1.54, 1.807) is 0 Å². The Labute approximate surface area is 89.3 Å². The molecule has 0 aromatic heterocycles. The van der Waals surface area contributed by atoms with Crippen LogP contribution in [0.4, 0.5) is 0 Å². The van der Waals surface area contributed by atoms with E-state index in [1.807, 2.05) is 0 Å². The highest BCUT2D eigenvalue weighted by atomic mass is 15.3. The van der Waals surface area contributed by atoms with E-state index in [4.69, 9.17) is 0 Å². The van der Waals surface area contributed by atoms with E-state index in [0.29, 0.717) is 11.5 Å². The number of piperazine rings is 1. The second kappa shape index (κ2) is 4.63. The standard InChI is InChI=1S/C12H26N2/c1-11(2)14-8-6-13(7-9-14)10-12(3,4)5/h11H,6-10H2,1-5H3. The zero-order chi connectivity index (χ0) is 10.8. The van der Waals surface area contributed by atoms with Gasteiger partial charge in [0.05, 0.1) is 0 Å². The zero-order valence-corrected chi connectivity index (χ0v) is 10.5. The second-order valence-electron chi connectivity index (χ2n) is 5.97. The Kier molecular flexibility index (Phi) is 3.96. The van der Waals surface area contributed by atoms with E-state index in [2.05, 4.69) is 44.4 Å². The summed E-state index contributed by atoms with van der Waals surface area (Å²) in [5.41, 5.74) is 0.444. The average Bonchev–Trinajstić information content (AvgIpc) is 2.02. The van der Waals surface area contributed by atoms with Crippen LogP contribution in [0.1, 0.15) is 34.6 Å². The highest BCUT2D eigenvalue weighted by molar-refractivity contribution is 4.77. The molecule has 1 heterocycles. The molecule has 1 fully saturated rings. The number of hydrogen-bond donors (Lipinski definition) is 0. The van der Waals surface area contributed by atoms with Crippen LogP contribution in [0.5, 0.6) is 0 Å². The van der Waals surface area contributed by atoms with Gasteiger partial charge in [0.1, 0.15) is 0 Å². The quantitative estimate of drug-likeness (QED) is 0.670. The Morgan fingerprint density at radius 2 is 1.50 bits per heavy atom. The van der Waals surface area contributed by atoms with Gasteiger partial charge >= 0.3 is 0 Å². The molecule has 1 rings (SSSR count). The summed E-state index contributed by atoms with van der Waals surface area (Å²) in [5.74, 6) is 0. The van der Waals surface area contributed by atoms with Crippen LogP contribution in [0.25, 0.3) is 0 Å². The topological polar surface area (TPSA) is 6.48 Å². The number of nitrogens with zero attached hydrogens (tertiary/aromatic N) is 2. The summed E-state index contributed by atoms with van der Waals surface area (Å²) in [5, 5.41) is 0. The maximum absolute atomic E-state index is 2.60. The molecule has 0 aliphatic carbocycles. The maximum atomic E-state index is 2.60. The van der Waals surface area contributed by atoms with E-state index in [9.17, 15) is 0 Å². The molecular weight excluding hydrogens is 172 g/mol. The molecule has 0 radical (unpaired) electrons. The summed E-state index contributed by atoms with van der Waals surface area (Å²) in [6, 6.07) is 0.715. The van der Waals surface area contributed by atoms with Gasteiger partial charge in [-0.25, -0.2) is 0 Å². The van der Waals surface area contributed by atoms with Crippen molar-refractivity contribution in [2.24, 2.45) is 5.41 Å². The van der Waals surface area contributed by atoms with Gasteiger partial charge in [-0.2, -0.15) is 0 Å². The third-order valence-electron chi connectivity index (χ3n) is 2.84. The van der Waals surface area contributed by atoms with E-state index in [1.165, 1.54) is 32.7 Å². The third kappa shape index (κ3) is 3.97. The molecule has 14 heavy (non-hydrogen) atoms. The van der Waals surface area contributed by atoms with E-state index >= 15 is 0 Å². The van der Waals surface area contributed by atoms with E-state index in [-0.39, 0.29) is 0 Å². The molecule has 0 saturated carbocycles. The highest BCUT2D eigenvalue weighted by Gasteiger charge is 2.22. The van der Waals surface area contributed by atoms with E-state index in [0.717, 1.165) is 0 Å². The lowest BCUT2D eigenvalue weighted by molar-refractivity contribution is 0.0848. The molecule has 2 heteroatoms. The molecule has 1 aliphatic heterocycles. The van der Waals surface area contributed by atoms with Crippen molar-refractivity contribution in [1.82, 2.24) is 9.80 Å². The van der Waals surface area contributed by atoms with Crippen LogP contribution in [-0.2, 0) is 0 Å². The van der Waals surface area contributed by atoms with Gasteiger partial charge in [-0.3, -0.25) is 4.90 Å². The first-order valence-electron chi connectivity index (χ1n) is 5.85. The van der Waals surface area contributed by atoms with Gasteiger partial charge in [0.15, 0.2) is 0 Å². The van der Waals surface area contributed by atoms with Gasteiger partial charge in [-0.1, -0.05) is 20.8 Å². The maximum Gasteiger partial charge on any atom is 0.0113 e. The summed E-state index contributed by atoms with van der Waals surface area (Å²) >= 11 is 0. The Balaban J connectivity index is 2.29. The van der Waals surface area contributed by atoms with Crippen LogP contribution in [0, 0.1) is 5.41 Å². The first-order chi connectivity index (χ1) is 6.38. The molecule has 0 atom stereocenters. The Morgan fingerprint density at radius 1 is 1.00 bits per heavy atom. The Bertz CT molecular complexity index is 162. The SMILES string of the molecule is CC(C)N1CCN(CC(C)(C)C)CC1. The monoisotopic (exact) mass is 198 g/mol. The van der Waals surface area contributed by atoms with Crippen molar-refractivity contribution in [3.63, 3.8) is 0 Å². The fourth-order valence-electron chi connectivity index (χ4n) is 2.11. The van der Waals surface area contributed by atoms with Gasteiger partial charge in [0, 0.05) is 38.8 Å². The Morgan fingerprint density at radius 3 is 1.86 bits per heavy atom. The largest absolute Gasteiger partial charge is 0.300 e. The highest BCUT2D eigenvalue weighted by Crippen LogP contribution is 2.16. The van der Waals surface area contributed by atoms with Crippen LogP contribution in [0.3, 0.4) is 0 Å². The lowest BCUT2D eigenvalue weighted by Gasteiger charge is -2.39. The smallest absolute Gasteiger partial charge is 0.0113 e. The number of rotatable bonds is 2.